The molecule has 0 aromatic heterocycles. The van der Waals surface area contributed by atoms with Gasteiger partial charge < -0.3 is 4.74 Å². The van der Waals surface area contributed by atoms with E-state index in [1.807, 2.05) is 13.8 Å². The molecule has 0 spiro atoms. The van der Waals surface area contributed by atoms with Crippen molar-refractivity contribution in [2.24, 2.45) is 11.8 Å². The zero-order chi connectivity index (χ0) is 11.7. The van der Waals surface area contributed by atoms with E-state index in [-0.39, 0.29) is 0 Å². The summed E-state index contributed by atoms with van der Waals surface area (Å²) in [5.74, 6) is 1.31. The van der Waals surface area contributed by atoms with E-state index < -0.39 is 0 Å². The average molecular weight is 200 g/mol. The Morgan fingerprint density at radius 2 is 1.50 bits per heavy atom. The van der Waals surface area contributed by atoms with Crippen LogP contribution in [0.5, 0.6) is 0 Å². The standard InChI is InChI=1S/C7H16O.C6H12/c1-5-8-7(4)6(2)3;1-5(2)6(3)4/h6-7H,5H2,1-4H3;6H,1H2,2-4H3. The van der Waals surface area contributed by atoms with Crippen molar-refractivity contribution in [3.63, 3.8) is 0 Å². The summed E-state index contributed by atoms with van der Waals surface area (Å²) in [4.78, 5) is 0. The van der Waals surface area contributed by atoms with Crippen LogP contribution in [-0.2, 0) is 4.74 Å². The predicted octanol–water partition coefficient (Wildman–Crippen LogP) is 4.29. The van der Waals surface area contributed by atoms with Crippen molar-refractivity contribution < 1.29 is 4.74 Å². The number of ether oxygens (including phenoxy) is 1. The third-order valence-electron chi connectivity index (χ3n) is 2.35. The van der Waals surface area contributed by atoms with Crippen LogP contribution >= 0.6 is 0 Å². The summed E-state index contributed by atoms with van der Waals surface area (Å²) < 4.78 is 5.30. The molecule has 0 aliphatic heterocycles. The molecule has 86 valence electrons. The Labute approximate surface area is 90.5 Å². The lowest BCUT2D eigenvalue weighted by atomic mass is 10.1. The summed E-state index contributed by atoms with van der Waals surface area (Å²) in [6.07, 6.45) is 0.417. The number of hydrogen-bond acceptors (Lipinski definition) is 1. The summed E-state index contributed by atoms with van der Waals surface area (Å²) in [6.45, 7) is 19.4. The zero-order valence-electron chi connectivity index (χ0n) is 11.1. The Bertz CT molecular complexity index is 136. The number of hydrogen-bond donors (Lipinski definition) is 0. The lowest BCUT2D eigenvalue weighted by Gasteiger charge is -2.14. The van der Waals surface area contributed by atoms with Crippen LogP contribution in [0.1, 0.15) is 48.5 Å². The van der Waals surface area contributed by atoms with Crippen LogP contribution in [0.25, 0.3) is 0 Å². The largest absolute Gasteiger partial charge is 0.379 e. The number of allylic oxidation sites excluding steroid dienone is 1. The second-order valence-corrected chi connectivity index (χ2v) is 4.41. The van der Waals surface area contributed by atoms with Gasteiger partial charge in [0.15, 0.2) is 0 Å². The van der Waals surface area contributed by atoms with Gasteiger partial charge in [0.05, 0.1) is 6.10 Å². The van der Waals surface area contributed by atoms with Crippen molar-refractivity contribution in [1.82, 2.24) is 0 Å². The highest BCUT2D eigenvalue weighted by Gasteiger charge is 2.03. The van der Waals surface area contributed by atoms with Crippen LogP contribution in [0.15, 0.2) is 12.2 Å². The van der Waals surface area contributed by atoms with Gasteiger partial charge in [0.1, 0.15) is 0 Å². The fourth-order valence-corrected chi connectivity index (χ4v) is 0.455. The maximum Gasteiger partial charge on any atom is 0.0569 e. The molecule has 1 unspecified atom stereocenters. The van der Waals surface area contributed by atoms with E-state index in [1.165, 1.54) is 5.57 Å². The topological polar surface area (TPSA) is 9.23 Å². The monoisotopic (exact) mass is 200 g/mol. The third-order valence-corrected chi connectivity index (χ3v) is 2.35. The van der Waals surface area contributed by atoms with Gasteiger partial charge in [-0.1, -0.05) is 39.8 Å². The van der Waals surface area contributed by atoms with Gasteiger partial charge in [0.25, 0.3) is 0 Å². The summed E-state index contributed by atoms with van der Waals surface area (Å²) in [6, 6.07) is 0. The highest BCUT2D eigenvalue weighted by molar-refractivity contribution is 4.90. The smallest absolute Gasteiger partial charge is 0.0569 e. The average Bonchev–Trinajstić information content (AvgIpc) is 2.05. The van der Waals surface area contributed by atoms with Gasteiger partial charge >= 0.3 is 0 Å². The highest BCUT2D eigenvalue weighted by Crippen LogP contribution is 2.03. The highest BCUT2D eigenvalue weighted by atomic mass is 16.5. The van der Waals surface area contributed by atoms with Crippen LogP contribution in [0.2, 0.25) is 0 Å². The van der Waals surface area contributed by atoms with Crippen molar-refractivity contribution in [2.45, 2.75) is 54.6 Å². The van der Waals surface area contributed by atoms with Crippen LogP contribution in [0, 0.1) is 11.8 Å². The first-order valence-corrected chi connectivity index (χ1v) is 5.59. The Hall–Kier alpha value is -0.300. The van der Waals surface area contributed by atoms with Gasteiger partial charge in [0.2, 0.25) is 0 Å². The molecule has 0 aliphatic rings. The molecule has 0 saturated carbocycles. The van der Waals surface area contributed by atoms with Crippen LogP contribution in [0.3, 0.4) is 0 Å². The molecule has 1 atom stereocenters. The second-order valence-electron chi connectivity index (χ2n) is 4.41. The SMILES string of the molecule is C=C(C)C(C)C.CCOC(C)C(C)C. The van der Waals surface area contributed by atoms with Crippen molar-refractivity contribution in [3.05, 3.63) is 12.2 Å². The first kappa shape index (κ1) is 16.1. The predicted molar refractivity (Wildman–Crippen MR) is 65.6 cm³/mol. The van der Waals surface area contributed by atoms with Gasteiger partial charge in [-0.15, -0.1) is 0 Å². The molecular weight excluding hydrogens is 172 g/mol. The lowest BCUT2D eigenvalue weighted by Crippen LogP contribution is -2.14. The third kappa shape index (κ3) is 11.7. The van der Waals surface area contributed by atoms with Crippen molar-refractivity contribution in [3.8, 4) is 0 Å². The Morgan fingerprint density at radius 3 is 1.57 bits per heavy atom. The first-order valence-electron chi connectivity index (χ1n) is 5.59. The summed E-state index contributed by atoms with van der Waals surface area (Å²) in [5, 5.41) is 0. The molecular formula is C13H28O. The van der Waals surface area contributed by atoms with E-state index in [0.717, 1.165) is 6.61 Å². The molecule has 0 aliphatic carbocycles. The fraction of sp³-hybridized carbons (Fsp3) is 0.846. The normalized spacial score (nSPS) is 12.4. The number of rotatable bonds is 4. The van der Waals surface area contributed by atoms with E-state index in [0.29, 0.717) is 17.9 Å². The van der Waals surface area contributed by atoms with Gasteiger partial charge in [-0.2, -0.15) is 0 Å². The minimum Gasteiger partial charge on any atom is -0.379 e. The molecule has 0 fully saturated rings. The minimum atomic E-state index is 0.417. The van der Waals surface area contributed by atoms with Gasteiger partial charge in [-0.05, 0) is 32.6 Å². The van der Waals surface area contributed by atoms with E-state index in [9.17, 15) is 0 Å². The molecule has 0 aromatic carbocycles. The van der Waals surface area contributed by atoms with E-state index in [4.69, 9.17) is 4.74 Å². The molecule has 0 amide bonds. The Morgan fingerprint density at radius 1 is 1.14 bits per heavy atom. The van der Waals surface area contributed by atoms with Crippen LogP contribution in [0.4, 0.5) is 0 Å². The summed E-state index contributed by atoms with van der Waals surface area (Å²) in [5.41, 5.74) is 1.26. The molecule has 1 heteroatoms. The molecule has 0 rings (SSSR count). The molecule has 1 nitrogen and oxygen atoms in total. The maximum atomic E-state index is 5.30. The van der Waals surface area contributed by atoms with Crippen LogP contribution in [-0.4, -0.2) is 12.7 Å². The maximum absolute atomic E-state index is 5.30. The lowest BCUT2D eigenvalue weighted by molar-refractivity contribution is 0.0443. The molecule has 0 aromatic rings. The molecule has 14 heavy (non-hydrogen) atoms. The van der Waals surface area contributed by atoms with E-state index >= 15 is 0 Å². The van der Waals surface area contributed by atoms with E-state index in [2.05, 4.69) is 41.2 Å². The zero-order valence-corrected chi connectivity index (χ0v) is 11.1. The van der Waals surface area contributed by atoms with Crippen molar-refractivity contribution in [1.29, 1.82) is 0 Å². The molecule has 0 radical (unpaired) electrons. The summed E-state index contributed by atoms with van der Waals surface area (Å²) in [7, 11) is 0. The second kappa shape index (κ2) is 9.26. The quantitative estimate of drug-likeness (QED) is 0.615. The molecule has 0 saturated heterocycles. The Kier molecular flexibility index (Phi) is 10.7. The first-order chi connectivity index (χ1) is 6.32. The van der Waals surface area contributed by atoms with Crippen LogP contribution < -0.4 is 0 Å². The molecule has 0 bridgehead atoms. The van der Waals surface area contributed by atoms with Crippen molar-refractivity contribution in [2.75, 3.05) is 6.61 Å². The molecule has 0 heterocycles. The summed E-state index contributed by atoms with van der Waals surface area (Å²) >= 11 is 0. The fourth-order valence-electron chi connectivity index (χ4n) is 0.455. The Balaban J connectivity index is 0. The van der Waals surface area contributed by atoms with Gasteiger partial charge in [-0.3, -0.25) is 0 Å². The van der Waals surface area contributed by atoms with Gasteiger partial charge in [-0.25, -0.2) is 0 Å². The van der Waals surface area contributed by atoms with Gasteiger partial charge in [0, 0.05) is 6.61 Å². The van der Waals surface area contributed by atoms with E-state index in [1.54, 1.807) is 0 Å². The van der Waals surface area contributed by atoms with Crippen molar-refractivity contribution >= 4 is 0 Å². The minimum absolute atomic E-state index is 0.417. The molecule has 0 N–H and O–H groups in total.